The van der Waals surface area contributed by atoms with E-state index in [0.717, 1.165) is 6.42 Å². The fourth-order valence-corrected chi connectivity index (χ4v) is 2.57. The number of thiophene rings is 1. The van der Waals surface area contributed by atoms with E-state index < -0.39 is 5.60 Å². The average molecular weight is 277 g/mol. The van der Waals surface area contributed by atoms with Crippen molar-refractivity contribution in [1.29, 1.82) is 0 Å². The number of hydrogen-bond donors (Lipinski definition) is 1. The number of benzene rings is 1. The molecule has 4 heteroatoms. The van der Waals surface area contributed by atoms with Crippen molar-refractivity contribution in [1.82, 2.24) is 5.32 Å². The Morgan fingerprint density at radius 3 is 2.84 bits per heavy atom. The van der Waals surface area contributed by atoms with E-state index in [1.165, 1.54) is 15.6 Å². The highest BCUT2D eigenvalue weighted by Gasteiger charge is 2.15. The number of nitrogens with one attached hydrogen (secondary N) is 1. The predicted octanol–water partition coefficient (Wildman–Crippen LogP) is 3.97. The van der Waals surface area contributed by atoms with Gasteiger partial charge < -0.3 is 10.1 Å². The number of hydrogen-bond acceptors (Lipinski definition) is 3. The number of alkyl carbamates (subject to hydrolysis) is 1. The molecule has 1 aromatic heterocycles. The summed E-state index contributed by atoms with van der Waals surface area (Å²) in [6, 6.07) is 8.52. The fourth-order valence-electron chi connectivity index (χ4n) is 1.79. The number of fused-ring (bicyclic) bond motifs is 1. The van der Waals surface area contributed by atoms with Crippen molar-refractivity contribution in [2.45, 2.75) is 32.8 Å². The maximum atomic E-state index is 11.5. The molecule has 0 bridgehead atoms. The Bertz CT molecular complexity index is 569. The van der Waals surface area contributed by atoms with Crippen molar-refractivity contribution in [2.75, 3.05) is 6.54 Å². The highest BCUT2D eigenvalue weighted by Crippen LogP contribution is 2.21. The molecule has 0 spiro atoms. The first-order valence-electron chi connectivity index (χ1n) is 6.37. The highest BCUT2D eigenvalue weighted by molar-refractivity contribution is 7.17. The molecule has 0 aliphatic rings. The molecule has 1 amide bonds. The molecule has 3 nitrogen and oxygen atoms in total. The topological polar surface area (TPSA) is 38.3 Å². The van der Waals surface area contributed by atoms with Gasteiger partial charge in [-0.15, -0.1) is 11.3 Å². The quantitative estimate of drug-likeness (QED) is 0.922. The van der Waals surface area contributed by atoms with Gasteiger partial charge in [0.1, 0.15) is 5.60 Å². The van der Waals surface area contributed by atoms with Gasteiger partial charge in [0.25, 0.3) is 0 Å². The van der Waals surface area contributed by atoms with Crippen molar-refractivity contribution >= 4 is 27.5 Å². The molecule has 102 valence electrons. The normalized spacial score (nSPS) is 11.5. The van der Waals surface area contributed by atoms with Crippen molar-refractivity contribution in [3.63, 3.8) is 0 Å². The maximum Gasteiger partial charge on any atom is 0.407 e. The molecule has 0 saturated heterocycles. The summed E-state index contributed by atoms with van der Waals surface area (Å²) in [5, 5.41) is 6.13. The van der Waals surface area contributed by atoms with Gasteiger partial charge in [0.2, 0.25) is 0 Å². The van der Waals surface area contributed by atoms with Gasteiger partial charge in [-0.3, -0.25) is 0 Å². The summed E-state index contributed by atoms with van der Waals surface area (Å²) in [5.41, 5.74) is 0.779. The molecule has 0 fully saturated rings. The molecule has 1 aromatic carbocycles. The van der Waals surface area contributed by atoms with E-state index in [1.54, 1.807) is 11.3 Å². The first-order chi connectivity index (χ1) is 8.94. The number of amides is 1. The third-order valence-electron chi connectivity index (χ3n) is 2.60. The van der Waals surface area contributed by atoms with Crippen molar-refractivity contribution in [3.05, 3.63) is 35.2 Å². The van der Waals surface area contributed by atoms with E-state index in [-0.39, 0.29) is 6.09 Å². The second-order valence-corrected chi connectivity index (χ2v) is 6.42. The molecule has 0 aliphatic heterocycles. The minimum absolute atomic E-state index is 0.357. The summed E-state index contributed by atoms with van der Waals surface area (Å²) in [5.74, 6) is 0. The minimum Gasteiger partial charge on any atom is -0.444 e. The van der Waals surface area contributed by atoms with E-state index in [0.29, 0.717) is 6.54 Å². The van der Waals surface area contributed by atoms with Crippen LogP contribution in [0.25, 0.3) is 10.1 Å². The van der Waals surface area contributed by atoms with Crippen LogP contribution >= 0.6 is 11.3 Å². The molecule has 2 aromatic rings. The van der Waals surface area contributed by atoms with Crippen LogP contribution in [0, 0.1) is 0 Å². The van der Waals surface area contributed by atoms with E-state index in [9.17, 15) is 4.79 Å². The van der Waals surface area contributed by atoms with Crippen LogP contribution in [0.5, 0.6) is 0 Å². The second kappa shape index (κ2) is 5.61. The Kier molecular flexibility index (Phi) is 4.10. The zero-order valence-electron chi connectivity index (χ0n) is 11.5. The van der Waals surface area contributed by atoms with Crippen molar-refractivity contribution in [2.24, 2.45) is 0 Å². The zero-order chi connectivity index (χ0) is 13.9. The smallest absolute Gasteiger partial charge is 0.407 e. The number of carbonyl (C=O) groups excluding carboxylic acids is 1. The number of carbonyl (C=O) groups is 1. The van der Waals surface area contributed by atoms with Gasteiger partial charge in [0.15, 0.2) is 0 Å². The Hall–Kier alpha value is -1.55. The third kappa shape index (κ3) is 4.24. The van der Waals surface area contributed by atoms with Gasteiger partial charge in [0.05, 0.1) is 0 Å². The summed E-state index contributed by atoms with van der Waals surface area (Å²) < 4.78 is 6.48. The molecule has 0 unspecified atom stereocenters. The van der Waals surface area contributed by atoms with Gasteiger partial charge in [-0.25, -0.2) is 4.79 Å². The first-order valence-corrected chi connectivity index (χ1v) is 7.25. The van der Waals surface area contributed by atoms with Gasteiger partial charge in [-0.2, -0.15) is 0 Å². The summed E-state index contributed by atoms with van der Waals surface area (Å²) in [7, 11) is 0. The van der Waals surface area contributed by atoms with Crippen LogP contribution < -0.4 is 5.32 Å². The van der Waals surface area contributed by atoms with E-state index >= 15 is 0 Å². The predicted molar refractivity (Wildman–Crippen MR) is 79.8 cm³/mol. The summed E-state index contributed by atoms with van der Waals surface area (Å²) in [4.78, 5) is 11.5. The Labute approximate surface area is 117 Å². The zero-order valence-corrected chi connectivity index (χ0v) is 12.3. The lowest BCUT2D eigenvalue weighted by Gasteiger charge is -2.19. The Morgan fingerprint density at radius 1 is 1.32 bits per heavy atom. The molecule has 19 heavy (non-hydrogen) atoms. The number of ether oxygens (including phenoxy) is 1. The van der Waals surface area contributed by atoms with Crippen molar-refractivity contribution < 1.29 is 9.53 Å². The SMILES string of the molecule is CC(C)(C)OC(=O)NCCc1ccc2sccc2c1. The van der Waals surface area contributed by atoms with E-state index in [4.69, 9.17) is 4.74 Å². The van der Waals surface area contributed by atoms with E-state index in [2.05, 4.69) is 35.0 Å². The molecule has 1 N–H and O–H groups in total. The molecule has 0 atom stereocenters. The monoisotopic (exact) mass is 277 g/mol. The molecule has 0 saturated carbocycles. The van der Waals surface area contributed by atoms with Gasteiger partial charge in [-0.1, -0.05) is 12.1 Å². The third-order valence-corrected chi connectivity index (χ3v) is 3.50. The summed E-state index contributed by atoms with van der Waals surface area (Å²) in [6.45, 7) is 6.16. The molecule has 2 rings (SSSR count). The molecule has 0 aliphatic carbocycles. The Morgan fingerprint density at radius 2 is 2.11 bits per heavy atom. The maximum absolute atomic E-state index is 11.5. The number of rotatable bonds is 3. The van der Waals surface area contributed by atoms with E-state index in [1.807, 2.05) is 20.8 Å². The first kappa shape index (κ1) is 13.9. The van der Waals surface area contributed by atoms with Crippen LogP contribution in [0.15, 0.2) is 29.6 Å². The highest BCUT2D eigenvalue weighted by atomic mass is 32.1. The minimum atomic E-state index is -0.445. The molecule has 1 heterocycles. The van der Waals surface area contributed by atoms with Crippen LogP contribution in [0.3, 0.4) is 0 Å². The largest absolute Gasteiger partial charge is 0.444 e. The summed E-state index contributed by atoms with van der Waals surface area (Å²) in [6.07, 6.45) is 0.453. The van der Waals surface area contributed by atoms with Crippen LogP contribution in [-0.4, -0.2) is 18.2 Å². The van der Waals surface area contributed by atoms with Crippen LogP contribution in [0.4, 0.5) is 4.79 Å². The average Bonchev–Trinajstić information content (AvgIpc) is 2.73. The van der Waals surface area contributed by atoms with Gasteiger partial charge >= 0.3 is 6.09 Å². The van der Waals surface area contributed by atoms with Crippen LogP contribution in [-0.2, 0) is 11.2 Å². The lowest BCUT2D eigenvalue weighted by molar-refractivity contribution is 0.0528. The van der Waals surface area contributed by atoms with Gasteiger partial charge in [0, 0.05) is 11.2 Å². The van der Waals surface area contributed by atoms with Crippen molar-refractivity contribution in [3.8, 4) is 0 Å². The standard InChI is InChI=1S/C15H19NO2S/c1-15(2,3)18-14(17)16-8-6-11-4-5-13-12(10-11)7-9-19-13/h4-5,7,9-10H,6,8H2,1-3H3,(H,16,17). The molecular weight excluding hydrogens is 258 g/mol. The molecular formula is C15H19NO2S. The van der Waals surface area contributed by atoms with Gasteiger partial charge in [-0.05, 0) is 55.7 Å². The van der Waals surface area contributed by atoms with Crippen LogP contribution in [0.1, 0.15) is 26.3 Å². The fraction of sp³-hybridized carbons (Fsp3) is 0.400. The Balaban J connectivity index is 1.83. The van der Waals surface area contributed by atoms with Crippen LogP contribution in [0.2, 0.25) is 0 Å². The lowest BCUT2D eigenvalue weighted by Crippen LogP contribution is -2.33. The lowest BCUT2D eigenvalue weighted by atomic mass is 10.1. The second-order valence-electron chi connectivity index (χ2n) is 5.47. The molecule has 0 radical (unpaired) electrons. The summed E-state index contributed by atoms with van der Waals surface area (Å²) >= 11 is 1.74.